The van der Waals surface area contributed by atoms with Crippen molar-refractivity contribution in [3.8, 4) is 11.5 Å². The number of hydrogen-bond donors (Lipinski definition) is 1. The number of allylic oxidation sites excluding steroid dienone is 1. The number of carboxylic acid groups (broad SMARTS) is 1. The predicted octanol–water partition coefficient (Wildman–Crippen LogP) is 6.15. The van der Waals surface area contributed by atoms with Crippen LogP contribution in [-0.2, 0) is 4.79 Å². The number of carbonyl (C=O) groups is 1. The number of para-hydroxylation sites is 1. The molecule has 0 unspecified atom stereocenters. The topological polar surface area (TPSA) is 68.7 Å². The van der Waals surface area contributed by atoms with Crippen molar-refractivity contribution in [3.05, 3.63) is 52.0 Å². The van der Waals surface area contributed by atoms with Gasteiger partial charge in [0.15, 0.2) is 11.5 Å². The molecule has 1 N–H and O–H groups in total. The first-order chi connectivity index (χ1) is 13.9. The van der Waals surface area contributed by atoms with E-state index in [2.05, 4.69) is 4.98 Å². The highest BCUT2D eigenvalue weighted by Gasteiger charge is 2.15. The van der Waals surface area contributed by atoms with Gasteiger partial charge in [0.05, 0.1) is 28.5 Å². The lowest BCUT2D eigenvalue weighted by atomic mass is 10.1. The molecule has 29 heavy (non-hydrogen) atoms. The maximum absolute atomic E-state index is 11.2. The van der Waals surface area contributed by atoms with Gasteiger partial charge in [-0.1, -0.05) is 23.7 Å². The fourth-order valence-electron chi connectivity index (χ4n) is 2.87. The van der Waals surface area contributed by atoms with E-state index in [1.54, 1.807) is 24.5 Å². The maximum Gasteiger partial charge on any atom is 0.303 e. The number of aliphatic carboxylic acids is 1. The Morgan fingerprint density at radius 3 is 2.69 bits per heavy atom. The summed E-state index contributed by atoms with van der Waals surface area (Å²) in [5, 5.41) is 10.4. The Morgan fingerprint density at radius 2 is 2.03 bits per heavy atom. The monoisotopic (exact) mass is 431 g/mol. The van der Waals surface area contributed by atoms with Crippen LogP contribution in [0.2, 0.25) is 5.02 Å². The van der Waals surface area contributed by atoms with E-state index in [1.807, 2.05) is 50.3 Å². The van der Waals surface area contributed by atoms with Crippen LogP contribution in [0.3, 0.4) is 0 Å². The molecule has 0 amide bonds. The van der Waals surface area contributed by atoms with Gasteiger partial charge < -0.3 is 14.6 Å². The first-order valence-electron chi connectivity index (χ1n) is 9.20. The van der Waals surface area contributed by atoms with Gasteiger partial charge in [-0.2, -0.15) is 0 Å². The van der Waals surface area contributed by atoms with E-state index in [9.17, 15) is 4.79 Å². The van der Waals surface area contributed by atoms with Gasteiger partial charge in [-0.15, -0.1) is 11.3 Å². The molecule has 2 aromatic carbocycles. The number of methoxy groups -OCH3 is 1. The molecule has 0 fully saturated rings. The van der Waals surface area contributed by atoms with Gasteiger partial charge in [0, 0.05) is 6.42 Å². The minimum Gasteiger partial charge on any atom is -0.493 e. The molecule has 152 valence electrons. The first kappa shape index (κ1) is 21.1. The van der Waals surface area contributed by atoms with Crippen molar-refractivity contribution < 1.29 is 19.4 Å². The summed E-state index contributed by atoms with van der Waals surface area (Å²) in [7, 11) is 1.56. The van der Waals surface area contributed by atoms with E-state index in [4.69, 9.17) is 26.2 Å². The maximum atomic E-state index is 11.2. The third-order valence-electron chi connectivity index (χ3n) is 4.12. The number of benzene rings is 2. The van der Waals surface area contributed by atoms with E-state index < -0.39 is 5.97 Å². The van der Waals surface area contributed by atoms with Crippen molar-refractivity contribution >= 4 is 50.8 Å². The summed E-state index contributed by atoms with van der Waals surface area (Å²) < 4.78 is 12.3. The van der Waals surface area contributed by atoms with E-state index in [-0.39, 0.29) is 12.5 Å². The Kier molecular flexibility index (Phi) is 6.77. The van der Waals surface area contributed by atoms with Gasteiger partial charge in [0.1, 0.15) is 5.01 Å². The van der Waals surface area contributed by atoms with Crippen molar-refractivity contribution in [2.24, 2.45) is 0 Å². The Balaban J connectivity index is 2.05. The molecule has 3 rings (SSSR count). The number of aromatic nitrogens is 1. The highest BCUT2D eigenvalue weighted by atomic mass is 35.5. The quantitative estimate of drug-likeness (QED) is 0.463. The van der Waals surface area contributed by atoms with Gasteiger partial charge in [0.2, 0.25) is 0 Å². The van der Waals surface area contributed by atoms with Crippen molar-refractivity contribution in [1.82, 2.24) is 4.98 Å². The summed E-state index contributed by atoms with van der Waals surface area (Å²) in [5.74, 6) is 0.168. The number of nitrogens with zero attached hydrogens (tertiary/aromatic N) is 1. The molecular weight excluding hydrogens is 410 g/mol. The summed E-state index contributed by atoms with van der Waals surface area (Å²) in [4.78, 5) is 15.8. The fourth-order valence-corrected chi connectivity index (χ4v) is 4.14. The molecule has 0 saturated carbocycles. The van der Waals surface area contributed by atoms with Crippen LogP contribution in [0, 0.1) is 0 Å². The summed E-state index contributed by atoms with van der Waals surface area (Å²) in [6, 6.07) is 11.5. The molecule has 5 nitrogen and oxygen atoms in total. The molecule has 0 spiro atoms. The number of hydrogen-bond acceptors (Lipinski definition) is 5. The molecule has 1 heterocycles. The summed E-state index contributed by atoms with van der Waals surface area (Å²) >= 11 is 7.98. The lowest BCUT2D eigenvalue weighted by Gasteiger charge is -2.16. The molecule has 0 aliphatic rings. The number of rotatable bonds is 8. The van der Waals surface area contributed by atoms with Crippen molar-refractivity contribution in [1.29, 1.82) is 0 Å². The molecule has 3 aromatic rings. The minimum absolute atomic E-state index is 0.0150. The molecule has 7 heteroatoms. The Hall–Kier alpha value is -2.57. The largest absolute Gasteiger partial charge is 0.493 e. The number of thiazole rings is 1. The average Bonchev–Trinajstić information content (AvgIpc) is 3.10. The van der Waals surface area contributed by atoms with Crippen molar-refractivity contribution in [2.75, 3.05) is 7.11 Å². The molecule has 0 bridgehead atoms. The van der Waals surface area contributed by atoms with Gasteiger partial charge in [-0.3, -0.25) is 4.79 Å². The third kappa shape index (κ3) is 5.28. The summed E-state index contributed by atoms with van der Waals surface area (Å²) in [6.07, 6.45) is 2.24. The van der Waals surface area contributed by atoms with Crippen LogP contribution in [0.4, 0.5) is 0 Å². The molecule has 1 aromatic heterocycles. The van der Waals surface area contributed by atoms with E-state index >= 15 is 0 Å². The molecule has 0 atom stereocenters. The van der Waals surface area contributed by atoms with E-state index in [1.165, 1.54) is 0 Å². The SMILES string of the molecule is COc1cc(/C=C(\CCC(=O)O)c2nc3ccccc3s2)cc(Cl)c1OC(C)C. The van der Waals surface area contributed by atoms with Crippen LogP contribution in [0.5, 0.6) is 11.5 Å². The molecule has 0 saturated heterocycles. The lowest BCUT2D eigenvalue weighted by Crippen LogP contribution is -2.07. The van der Waals surface area contributed by atoms with Crippen LogP contribution in [0.1, 0.15) is 37.3 Å². The number of ether oxygens (including phenoxy) is 2. The van der Waals surface area contributed by atoms with E-state index in [0.29, 0.717) is 22.9 Å². The zero-order valence-electron chi connectivity index (χ0n) is 16.4. The van der Waals surface area contributed by atoms with Crippen LogP contribution < -0.4 is 9.47 Å². The van der Waals surface area contributed by atoms with Gasteiger partial charge >= 0.3 is 5.97 Å². The zero-order valence-corrected chi connectivity index (χ0v) is 18.0. The smallest absolute Gasteiger partial charge is 0.303 e. The van der Waals surface area contributed by atoms with Crippen molar-refractivity contribution in [3.63, 3.8) is 0 Å². The number of fused-ring (bicyclic) bond motifs is 1. The van der Waals surface area contributed by atoms with E-state index in [0.717, 1.165) is 26.4 Å². The standard InChI is InChI=1S/C22H22ClNO4S/c1-13(2)28-21-16(23)11-14(12-18(21)27-3)10-15(8-9-20(25)26)22-24-17-6-4-5-7-19(17)29-22/h4-7,10-13H,8-9H2,1-3H3,(H,25,26)/b15-10+. The molecule has 0 aliphatic heterocycles. The number of carboxylic acids is 1. The molecule has 0 aliphatic carbocycles. The van der Waals surface area contributed by atoms with Crippen LogP contribution in [-0.4, -0.2) is 29.3 Å². The predicted molar refractivity (Wildman–Crippen MR) is 118 cm³/mol. The number of halogens is 1. The third-order valence-corrected chi connectivity index (χ3v) is 5.52. The zero-order chi connectivity index (χ0) is 21.0. The van der Waals surface area contributed by atoms with Gasteiger partial charge in [0.25, 0.3) is 0 Å². The average molecular weight is 432 g/mol. The Labute approximate surface area is 178 Å². The van der Waals surface area contributed by atoms with Crippen molar-refractivity contribution in [2.45, 2.75) is 32.8 Å². The summed E-state index contributed by atoms with van der Waals surface area (Å²) in [5.41, 5.74) is 2.52. The second-order valence-corrected chi connectivity index (χ2v) is 8.19. The minimum atomic E-state index is -0.853. The molecular formula is C22H22ClNO4S. The lowest BCUT2D eigenvalue weighted by molar-refractivity contribution is -0.136. The Bertz CT molecular complexity index is 1030. The summed E-state index contributed by atoms with van der Waals surface area (Å²) in [6.45, 7) is 3.83. The normalized spacial score (nSPS) is 11.8. The van der Waals surface area contributed by atoms with Gasteiger partial charge in [-0.05, 0) is 61.7 Å². The second-order valence-electron chi connectivity index (χ2n) is 6.75. The van der Waals surface area contributed by atoms with Crippen LogP contribution in [0.25, 0.3) is 21.9 Å². The molecule has 0 radical (unpaired) electrons. The first-order valence-corrected chi connectivity index (χ1v) is 10.4. The second kappa shape index (κ2) is 9.29. The fraction of sp³-hybridized carbons (Fsp3) is 0.273. The van der Waals surface area contributed by atoms with Gasteiger partial charge in [-0.25, -0.2) is 4.98 Å². The van der Waals surface area contributed by atoms with Crippen LogP contribution >= 0.6 is 22.9 Å². The van der Waals surface area contributed by atoms with Crippen LogP contribution in [0.15, 0.2) is 36.4 Å². The Morgan fingerprint density at radius 1 is 1.28 bits per heavy atom. The highest BCUT2D eigenvalue weighted by Crippen LogP contribution is 2.39. The highest BCUT2D eigenvalue weighted by molar-refractivity contribution is 7.19.